The number of carbonyl (C=O) groups is 1. The van der Waals surface area contributed by atoms with Gasteiger partial charge in [0, 0.05) is 0 Å². The summed E-state index contributed by atoms with van der Waals surface area (Å²) < 4.78 is 67.6. The molecule has 0 heterocycles. The van der Waals surface area contributed by atoms with Gasteiger partial charge in [-0.2, -0.15) is 13.2 Å². The van der Waals surface area contributed by atoms with Crippen LogP contribution in [0.15, 0.2) is 65.6 Å². The largest absolute Gasteiger partial charge is 0.417 e. The molecule has 0 bridgehead atoms. The Morgan fingerprint density at radius 3 is 2.24 bits per heavy atom. The van der Waals surface area contributed by atoms with Gasteiger partial charge in [0.1, 0.15) is 6.54 Å². The van der Waals surface area contributed by atoms with E-state index in [1.54, 1.807) is 6.92 Å². The monoisotopic (exact) mass is 550 g/mol. The Kier molecular flexibility index (Phi) is 7.72. The molecule has 0 aliphatic heterocycles. The maximum Gasteiger partial charge on any atom is 0.417 e. The van der Waals surface area contributed by atoms with Gasteiger partial charge in [-0.1, -0.05) is 58.6 Å². The molecule has 0 fully saturated rings. The van der Waals surface area contributed by atoms with Gasteiger partial charge in [-0.05, 0) is 49.4 Å². The van der Waals surface area contributed by atoms with E-state index in [4.69, 9.17) is 34.8 Å². The van der Waals surface area contributed by atoms with Crippen molar-refractivity contribution >= 4 is 62.1 Å². The average molecular weight is 552 g/mol. The number of hydrogen-bond donors (Lipinski definition) is 1. The highest BCUT2D eigenvalue weighted by Crippen LogP contribution is 2.38. The fourth-order valence-corrected chi connectivity index (χ4v) is 4.94. The lowest BCUT2D eigenvalue weighted by Gasteiger charge is -2.25. The van der Waals surface area contributed by atoms with Crippen LogP contribution in [0.25, 0.3) is 0 Å². The third-order valence-corrected chi connectivity index (χ3v) is 7.60. The molecule has 12 heteroatoms. The fraction of sp³-hybridized carbons (Fsp3) is 0.136. The number of amides is 1. The zero-order valence-corrected chi connectivity index (χ0v) is 20.4. The minimum atomic E-state index is -4.84. The second-order valence-electron chi connectivity index (χ2n) is 7.14. The van der Waals surface area contributed by atoms with Gasteiger partial charge in [-0.25, -0.2) is 8.42 Å². The van der Waals surface area contributed by atoms with Gasteiger partial charge in [0.05, 0.1) is 36.9 Å². The summed E-state index contributed by atoms with van der Waals surface area (Å²) in [6.07, 6.45) is -4.84. The molecule has 3 rings (SSSR count). The van der Waals surface area contributed by atoms with E-state index in [-0.39, 0.29) is 20.6 Å². The number of halogens is 6. The standard InChI is InChI=1S/C22H16Cl3F3N2O3S/c1-13-5-8-15(9-6-13)34(32,33)30(14-7-10-17(23)16(11-14)22(26,27)28)12-20(31)29-19-4-2-3-18(24)21(19)25/h2-11H,12H2,1H3,(H,29,31). The van der Waals surface area contributed by atoms with Crippen LogP contribution in [0, 0.1) is 6.92 Å². The van der Waals surface area contributed by atoms with E-state index >= 15 is 0 Å². The van der Waals surface area contributed by atoms with Crippen LogP contribution >= 0.6 is 34.8 Å². The minimum Gasteiger partial charge on any atom is -0.323 e. The Hall–Kier alpha value is -2.46. The zero-order chi connectivity index (χ0) is 25.3. The van der Waals surface area contributed by atoms with Gasteiger partial charge in [-0.15, -0.1) is 0 Å². The Labute approximate surface area is 209 Å². The number of hydrogen-bond acceptors (Lipinski definition) is 3. The lowest BCUT2D eigenvalue weighted by Crippen LogP contribution is -2.38. The lowest BCUT2D eigenvalue weighted by atomic mass is 10.2. The molecule has 0 saturated carbocycles. The van der Waals surface area contributed by atoms with Crippen LogP contribution in [0.3, 0.4) is 0 Å². The molecule has 0 spiro atoms. The van der Waals surface area contributed by atoms with Crippen molar-refractivity contribution in [3.63, 3.8) is 0 Å². The number of benzene rings is 3. The van der Waals surface area contributed by atoms with E-state index in [0.29, 0.717) is 10.4 Å². The molecular formula is C22H16Cl3F3N2O3S. The predicted octanol–water partition coefficient (Wildman–Crippen LogP) is 6.81. The molecule has 3 aromatic carbocycles. The SMILES string of the molecule is Cc1ccc(S(=O)(=O)N(CC(=O)Nc2cccc(Cl)c2Cl)c2ccc(Cl)c(C(F)(F)F)c2)cc1. The quantitative estimate of drug-likeness (QED) is 0.366. The van der Waals surface area contributed by atoms with Crippen molar-refractivity contribution in [3.05, 3.63) is 86.9 Å². The molecule has 1 amide bonds. The average Bonchev–Trinajstić information content (AvgIpc) is 2.75. The number of nitrogens with one attached hydrogen (secondary N) is 1. The van der Waals surface area contributed by atoms with Gasteiger partial charge in [0.15, 0.2) is 0 Å². The van der Waals surface area contributed by atoms with E-state index in [9.17, 15) is 26.4 Å². The third kappa shape index (κ3) is 5.78. The molecule has 3 aromatic rings. The first-order valence-electron chi connectivity index (χ1n) is 9.50. The molecule has 180 valence electrons. The summed E-state index contributed by atoms with van der Waals surface area (Å²) in [5, 5.41) is 1.99. The topological polar surface area (TPSA) is 66.5 Å². The summed E-state index contributed by atoms with van der Waals surface area (Å²) in [6, 6.07) is 12.7. The summed E-state index contributed by atoms with van der Waals surface area (Å²) in [7, 11) is -4.45. The molecular weight excluding hydrogens is 536 g/mol. The highest BCUT2D eigenvalue weighted by Gasteiger charge is 2.35. The summed E-state index contributed by atoms with van der Waals surface area (Å²) >= 11 is 17.7. The summed E-state index contributed by atoms with van der Waals surface area (Å²) in [5.74, 6) is -0.858. The van der Waals surface area contributed by atoms with E-state index in [1.807, 2.05) is 0 Å². The van der Waals surface area contributed by atoms with Crippen molar-refractivity contribution in [3.8, 4) is 0 Å². The summed E-state index contributed by atoms with van der Waals surface area (Å²) in [4.78, 5) is 12.6. The first-order chi connectivity index (χ1) is 15.8. The van der Waals surface area contributed by atoms with Crippen molar-refractivity contribution < 1.29 is 26.4 Å². The Morgan fingerprint density at radius 1 is 0.971 bits per heavy atom. The molecule has 1 N–H and O–H groups in total. The molecule has 0 aliphatic rings. The van der Waals surface area contributed by atoms with Gasteiger partial charge < -0.3 is 5.32 Å². The van der Waals surface area contributed by atoms with Crippen molar-refractivity contribution in [1.82, 2.24) is 0 Å². The van der Waals surface area contributed by atoms with Gasteiger partial charge in [0.2, 0.25) is 5.91 Å². The minimum absolute atomic E-state index is 0.0244. The number of anilines is 2. The molecule has 0 aromatic heterocycles. The Bertz CT molecular complexity index is 1330. The Morgan fingerprint density at radius 2 is 1.62 bits per heavy atom. The Balaban J connectivity index is 2.06. The zero-order valence-electron chi connectivity index (χ0n) is 17.3. The fourth-order valence-electron chi connectivity index (χ4n) is 2.96. The molecule has 34 heavy (non-hydrogen) atoms. The molecule has 0 saturated heterocycles. The van der Waals surface area contributed by atoms with Gasteiger partial charge >= 0.3 is 6.18 Å². The van der Waals surface area contributed by atoms with E-state index in [2.05, 4.69) is 5.32 Å². The van der Waals surface area contributed by atoms with Crippen LogP contribution < -0.4 is 9.62 Å². The third-order valence-electron chi connectivity index (χ3n) is 4.67. The second-order valence-corrected chi connectivity index (χ2v) is 10.2. The van der Waals surface area contributed by atoms with Crippen molar-refractivity contribution in [2.75, 3.05) is 16.2 Å². The molecule has 0 atom stereocenters. The van der Waals surface area contributed by atoms with Gasteiger partial charge in [-0.3, -0.25) is 9.10 Å². The van der Waals surface area contributed by atoms with Crippen molar-refractivity contribution in [2.24, 2.45) is 0 Å². The number of aryl methyl sites for hydroxylation is 1. The van der Waals surface area contributed by atoms with Crippen LogP contribution in [0.2, 0.25) is 15.1 Å². The highest BCUT2D eigenvalue weighted by atomic mass is 35.5. The first kappa shape index (κ1) is 26.2. The van der Waals surface area contributed by atoms with Crippen LogP contribution in [0.5, 0.6) is 0 Å². The summed E-state index contributed by atoms with van der Waals surface area (Å²) in [5.41, 5.74) is -0.762. The number of alkyl halides is 3. The smallest absolute Gasteiger partial charge is 0.323 e. The van der Waals surface area contributed by atoms with Crippen LogP contribution in [0.1, 0.15) is 11.1 Å². The molecule has 0 aliphatic carbocycles. The number of sulfonamides is 1. The molecule has 0 radical (unpaired) electrons. The van der Waals surface area contributed by atoms with Crippen LogP contribution in [-0.2, 0) is 21.0 Å². The van der Waals surface area contributed by atoms with Gasteiger partial charge in [0.25, 0.3) is 10.0 Å². The predicted molar refractivity (Wildman–Crippen MR) is 127 cm³/mol. The summed E-state index contributed by atoms with van der Waals surface area (Å²) in [6.45, 7) is 0.892. The second kappa shape index (κ2) is 10.0. The van der Waals surface area contributed by atoms with E-state index in [0.717, 1.165) is 17.7 Å². The molecule has 0 unspecified atom stereocenters. The van der Waals surface area contributed by atoms with Crippen LogP contribution in [0.4, 0.5) is 24.5 Å². The van der Waals surface area contributed by atoms with Crippen molar-refractivity contribution in [2.45, 2.75) is 18.0 Å². The highest BCUT2D eigenvalue weighted by molar-refractivity contribution is 7.92. The van der Waals surface area contributed by atoms with E-state index < -0.39 is 44.9 Å². The van der Waals surface area contributed by atoms with Crippen LogP contribution in [-0.4, -0.2) is 20.9 Å². The van der Waals surface area contributed by atoms with Crippen molar-refractivity contribution in [1.29, 1.82) is 0 Å². The first-order valence-corrected chi connectivity index (χ1v) is 12.1. The van der Waals surface area contributed by atoms with E-state index in [1.165, 1.54) is 42.5 Å². The number of carbonyl (C=O) groups excluding carboxylic acids is 1. The number of nitrogens with zero attached hydrogens (tertiary/aromatic N) is 1. The number of rotatable bonds is 6. The maximum atomic E-state index is 13.4. The maximum absolute atomic E-state index is 13.4. The normalized spacial score (nSPS) is 11.9. The molecule has 5 nitrogen and oxygen atoms in total. The lowest BCUT2D eigenvalue weighted by molar-refractivity contribution is -0.137.